The van der Waals surface area contributed by atoms with Crippen molar-refractivity contribution in [1.82, 2.24) is 15.3 Å². The lowest BCUT2D eigenvalue weighted by Crippen LogP contribution is -2.47. The van der Waals surface area contributed by atoms with Crippen LogP contribution in [0.2, 0.25) is 0 Å². The Morgan fingerprint density at radius 1 is 1.43 bits per heavy atom. The number of H-pyrrole nitrogens is 1. The van der Waals surface area contributed by atoms with Crippen LogP contribution in [0.4, 0.5) is 13.2 Å². The van der Waals surface area contributed by atoms with Crippen LogP contribution in [0.3, 0.4) is 0 Å². The van der Waals surface area contributed by atoms with Crippen molar-refractivity contribution < 1.29 is 27.9 Å². The number of aromatic amines is 1. The minimum atomic E-state index is -5.13. The molecule has 0 aliphatic carbocycles. The second-order valence-electron chi connectivity index (χ2n) is 4.28. The standard InChI is InChI=1S/C12H10F3N3O3/c13-12(14,15)11(21)18-8(10(19)20)4-6-5-17-9-7(6)2-1-3-16-9/h1-3,5,8H,4H2,(H,16,17)(H,18,21)(H,19,20). The number of rotatable bonds is 4. The highest BCUT2D eigenvalue weighted by Crippen LogP contribution is 2.19. The Morgan fingerprint density at radius 3 is 2.76 bits per heavy atom. The van der Waals surface area contributed by atoms with Crippen LogP contribution < -0.4 is 5.32 Å². The molecule has 0 radical (unpaired) electrons. The van der Waals surface area contributed by atoms with Crippen molar-refractivity contribution in [2.24, 2.45) is 0 Å². The number of nitrogens with zero attached hydrogens (tertiary/aromatic N) is 1. The number of hydrogen-bond donors (Lipinski definition) is 3. The summed E-state index contributed by atoms with van der Waals surface area (Å²) in [5.74, 6) is -3.83. The van der Waals surface area contributed by atoms with Crippen LogP contribution >= 0.6 is 0 Å². The van der Waals surface area contributed by atoms with Crippen LogP contribution in [0.25, 0.3) is 11.0 Å². The molecule has 0 spiro atoms. The third-order valence-electron chi connectivity index (χ3n) is 2.82. The van der Waals surface area contributed by atoms with Gasteiger partial charge in [0.15, 0.2) is 0 Å². The molecular weight excluding hydrogens is 291 g/mol. The molecule has 2 rings (SSSR count). The summed E-state index contributed by atoms with van der Waals surface area (Å²) in [4.78, 5) is 28.6. The van der Waals surface area contributed by atoms with E-state index < -0.39 is 24.1 Å². The zero-order valence-electron chi connectivity index (χ0n) is 10.4. The molecule has 2 aromatic heterocycles. The van der Waals surface area contributed by atoms with E-state index in [1.54, 1.807) is 12.1 Å². The first-order chi connectivity index (χ1) is 9.79. The van der Waals surface area contributed by atoms with Crippen LogP contribution in [-0.4, -0.2) is 39.2 Å². The van der Waals surface area contributed by atoms with E-state index in [1.165, 1.54) is 17.7 Å². The monoisotopic (exact) mass is 301 g/mol. The van der Waals surface area contributed by atoms with Crippen molar-refractivity contribution >= 4 is 22.9 Å². The predicted octanol–water partition coefficient (Wildman–Crippen LogP) is 1.24. The molecule has 0 bridgehead atoms. The maximum atomic E-state index is 12.2. The highest BCUT2D eigenvalue weighted by atomic mass is 19.4. The Balaban J connectivity index is 2.21. The maximum absolute atomic E-state index is 12.2. The summed E-state index contributed by atoms with van der Waals surface area (Å²) in [6.45, 7) is 0. The van der Waals surface area contributed by atoms with E-state index in [9.17, 15) is 22.8 Å². The van der Waals surface area contributed by atoms with Crippen molar-refractivity contribution in [3.8, 4) is 0 Å². The minimum Gasteiger partial charge on any atom is -0.480 e. The van der Waals surface area contributed by atoms with E-state index in [2.05, 4.69) is 9.97 Å². The number of carboxylic acid groups (broad SMARTS) is 1. The Hall–Kier alpha value is -2.58. The molecule has 9 heteroatoms. The number of fused-ring (bicyclic) bond motifs is 1. The molecular formula is C12H10F3N3O3. The smallest absolute Gasteiger partial charge is 0.471 e. The summed E-state index contributed by atoms with van der Waals surface area (Å²) in [5, 5.41) is 11.0. The molecule has 1 unspecified atom stereocenters. The third-order valence-corrected chi connectivity index (χ3v) is 2.82. The first-order valence-electron chi connectivity index (χ1n) is 5.80. The summed E-state index contributed by atoms with van der Waals surface area (Å²) < 4.78 is 36.6. The zero-order chi connectivity index (χ0) is 15.6. The number of amides is 1. The van der Waals surface area contributed by atoms with E-state index >= 15 is 0 Å². The summed E-state index contributed by atoms with van der Waals surface area (Å²) >= 11 is 0. The van der Waals surface area contributed by atoms with Crippen molar-refractivity contribution in [1.29, 1.82) is 0 Å². The van der Waals surface area contributed by atoms with Gasteiger partial charge >= 0.3 is 18.1 Å². The number of alkyl halides is 3. The van der Waals surface area contributed by atoms with Gasteiger partial charge in [-0.3, -0.25) is 4.79 Å². The Kier molecular flexibility index (Phi) is 3.83. The number of aliphatic carboxylic acids is 1. The first kappa shape index (κ1) is 14.8. The quantitative estimate of drug-likeness (QED) is 0.791. The summed E-state index contributed by atoms with van der Waals surface area (Å²) in [6.07, 6.45) is -2.45. The molecule has 1 amide bonds. The van der Waals surface area contributed by atoms with Gasteiger partial charge < -0.3 is 15.4 Å². The summed E-state index contributed by atoms with van der Waals surface area (Å²) in [5.41, 5.74) is 0.937. The van der Waals surface area contributed by atoms with Crippen LogP contribution in [0.15, 0.2) is 24.5 Å². The van der Waals surface area contributed by atoms with E-state index in [0.29, 0.717) is 16.6 Å². The number of aromatic nitrogens is 2. The average molecular weight is 301 g/mol. The molecule has 2 heterocycles. The lowest BCUT2D eigenvalue weighted by Gasteiger charge is -2.15. The van der Waals surface area contributed by atoms with Crippen LogP contribution in [0.5, 0.6) is 0 Å². The second-order valence-corrected chi connectivity index (χ2v) is 4.28. The van der Waals surface area contributed by atoms with Gasteiger partial charge in [0.25, 0.3) is 0 Å². The molecule has 0 aliphatic heterocycles. The van der Waals surface area contributed by atoms with Gasteiger partial charge in [0.1, 0.15) is 11.7 Å². The Morgan fingerprint density at radius 2 is 2.14 bits per heavy atom. The van der Waals surface area contributed by atoms with Crippen molar-refractivity contribution in [3.05, 3.63) is 30.1 Å². The average Bonchev–Trinajstić information content (AvgIpc) is 2.80. The molecule has 0 saturated carbocycles. The topological polar surface area (TPSA) is 95.1 Å². The van der Waals surface area contributed by atoms with Crippen LogP contribution in [0, 0.1) is 0 Å². The minimum absolute atomic E-state index is 0.289. The number of halogens is 3. The molecule has 112 valence electrons. The molecule has 2 aromatic rings. The summed E-state index contributed by atoms with van der Waals surface area (Å²) in [7, 11) is 0. The van der Waals surface area contributed by atoms with Gasteiger partial charge in [-0.1, -0.05) is 0 Å². The van der Waals surface area contributed by atoms with Gasteiger partial charge in [-0.2, -0.15) is 13.2 Å². The number of hydrogen-bond acceptors (Lipinski definition) is 3. The van der Waals surface area contributed by atoms with Gasteiger partial charge in [-0.15, -0.1) is 0 Å². The number of nitrogens with one attached hydrogen (secondary N) is 2. The molecule has 1 atom stereocenters. The molecule has 0 aliphatic rings. The maximum Gasteiger partial charge on any atom is 0.471 e. The van der Waals surface area contributed by atoms with Crippen molar-refractivity contribution in [2.75, 3.05) is 0 Å². The predicted molar refractivity (Wildman–Crippen MR) is 65.4 cm³/mol. The van der Waals surface area contributed by atoms with E-state index in [0.717, 1.165) is 0 Å². The zero-order valence-corrected chi connectivity index (χ0v) is 10.4. The van der Waals surface area contributed by atoms with Crippen molar-refractivity contribution in [2.45, 2.75) is 18.6 Å². The fourth-order valence-corrected chi connectivity index (χ4v) is 1.84. The number of carbonyl (C=O) groups is 2. The molecule has 0 aromatic carbocycles. The van der Waals surface area contributed by atoms with E-state index in [-0.39, 0.29) is 6.42 Å². The van der Waals surface area contributed by atoms with Gasteiger partial charge in [-0.25, -0.2) is 9.78 Å². The number of pyridine rings is 1. The van der Waals surface area contributed by atoms with Gasteiger partial charge in [-0.05, 0) is 17.7 Å². The van der Waals surface area contributed by atoms with E-state index in [4.69, 9.17) is 5.11 Å². The number of carbonyl (C=O) groups excluding carboxylic acids is 1. The first-order valence-corrected chi connectivity index (χ1v) is 5.80. The van der Waals surface area contributed by atoms with Gasteiger partial charge in [0, 0.05) is 24.2 Å². The van der Waals surface area contributed by atoms with Crippen molar-refractivity contribution in [3.63, 3.8) is 0 Å². The van der Waals surface area contributed by atoms with Gasteiger partial charge in [0.2, 0.25) is 0 Å². The Labute approximate surface area is 116 Å². The number of carboxylic acids is 1. The fraction of sp³-hybridized carbons (Fsp3) is 0.250. The highest BCUT2D eigenvalue weighted by molar-refractivity contribution is 5.88. The molecule has 3 N–H and O–H groups in total. The van der Waals surface area contributed by atoms with Crippen LogP contribution in [0.1, 0.15) is 5.56 Å². The second kappa shape index (κ2) is 5.43. The van der Waals surface area contributed by atoms with E-state index in [1.807, 2.05) is 0 Å². The normalized spacial score (nSPS) is 13.1. The fourth-order valence-electron chi connectivity index (χ4n) is 1.84. The summed E-state index contributed by atoms with van der Waals surface area (Å²) in [6, 6.07) is 1.58. The van der Waals surface area contributed by atoms with Crippen LogP contribution in [-0.2, 0) is 16.0 Å². The highest BCUT2D eigenvalue weighted by Gasteiger charge is 2.40. The lowest BCUT2D eigenvalue weighted by molar-refractivity contribution is -0.175. The molecule has 6 nitrogen and oxygen atoms in total. The van der Waals surface area contributed by atoms with Gasteiger partial charge in [0.05, 0.1) is 0 Å². The third kappa shape index (κ3) is 3.30. The lowest BCUT2D eigenvalue weighted by atomic mass is 10.1. The largest absolute Gasteiger partial charge is 0.480 e. The molecule has 21 heavy (non-hydrogen) atoms. The molecule has 0 saturated heterocycles. The SMILES string of the molecule is O=C(O)C(Cc1c[nH]c2ncccc12)NC(=O)C(F)(F)F. The molecule has 0 fully saturated rings. The Bertz CT molecular complexity index is 681.